The van der Waals surface area contributed by atoms with Gasteiger partial charge in [-0.3, -0.25) is 4.79 Å². The fourth-order valence-electron chi connectivity index (χ4n) is 3.35. The van der Waals surface area contributed by atoms with Crippen LogP contribution in [0.3, 0.4) is 0 Å². The van der Waals surface area contributed by atoms with Crippen molar-refractivity contribution in [1.29, 1.82) is 0 Å². The summed E-state index contributed by atoms with van der Waals surface area (Å²) in [5.74, 6) is 2.58. The molecule has 6 nitrogen and oxygen atoms in total. The van der Waals surface area contributed by atoms with Crippen LogP contribution in [0.2, 0.25) is 0 Å². The maximum Gasteiger partial charge on any atom is 0.251 e. The van der Waals surface area contributed by atoms with Gasteiger partial charge < -0.3 is 9.13 Å². The second kappa shape index (κ2) is 6.76. The van der Waals surface area contributed by atoms with Crippen LogP contribution in [0.4, 0.5) is 0 Å². The van der Waals surface area contributed by atoms with E-state index < -0.39 is 9.84 Å². The average molecular weight is 403 g/mol. The Morgan fingerprint density at radius 2 is 1.86 bits per heavy atom. The van der Waals surface area contributed by atoms with Crippen molar-refractivity contribution in [3.05, 3.63) is 77.0 Å². The van der Waals surface area contributed by atoms with Crippen LogP contribution in [0.15, 0.2) is 75.8 Å². The molecule has 0 unspecified atom stereocenters. The van der Waals surface area contributed by atoms with Crippen molar-refractivity contribution >= 4 is 20.7 Å². The Balaban J connectivity index is 2.04. The van der Waals surface area contributed by atoms with E-state index in [1.54, 1.807) is 38.4 Å². The number of fused-ring (bicyclic) bond motifs is 1. The molecule has 2 heterocycles. The number of terminal acetylenes is 1. The molecule has 2 aromatic heterocycles. The summed E-state index contributed by atoms with van der Waals surface area (Å²) in [5.41, 5.74) is 2.49. The molecule has 0 amide bonds. The van der Waals surface area contributed by atoms with Gasteiger partial charge in [0.1, 0.15) is 0 Å². The van der Waals surface area contributed by atoms with E-state index in [0.29, 0.717) is 22.0 Å². The summed E-state index contributed by atoms with van der Waals surface area (Å²) < 4.78 is 29.2. The lowest BCUT2D eigenvalue weighted by Gasteiger charge is -2.13. The van der Waals surface area contributed by atoms with Crippen molar-refractivity contribution in [2.45, 2.75) is 9.92 Å². The van der Waals surface area contributed by atoms with E-state index in [0.717, 1.165) is 5.56 Å². The molecule has 2 aromatic carbocycles. The number of aryl methyl sites for hydroxylation is 2. The van der Waals surface area contributed by atoms with Gasteiger partial charge >= 0.3 is 0 Å². The van der Waals surface area contributed by atoms with E-state index in [2.05, 4.69) is 10.9 Å². The number of imidazole rings is 1. The van der Waals surface area contributed by atoms with Crippen molar-refractivity contribution < 1.29 is 8.42 Å². The quantitative estimate of drug-likeness (QED) is 0.493. The molecule has 0 radical (unpaired) electrons. The highest BCUT2D eigenvalue weighted by Crippen LogP contribution is 2.31. The molecule has 0 atom stereocenters. The summed E-state index contributed by atoms with van der Waals surface area (Å²) in [7, 11) is -0.491. The molecule has 0 bridgehead atoms. The second-order valence-electron chi connectivity index (χ2n) is 6.71. The maximum atomic E-state index is 13.1. The zero-order chi connectivity index (χ0) is 20.8. The standard InChI is InChI=1S/C22H17N3O3S/c1-4-15-6-5-7-16(10-15)18-12-21(26)25(3)20-9-8-17(11-19(18)20)29(27,28)22-13-23-14-24(22)2/h1,5-14H,2-3H3. The Morgan fingerprint density at radius 1 is 1.07 bits per heavy atom. The summed E-state index contributed by atoms with van der Waals surface area (Å²) in [5, 5.41) is 0.738. The van der Waals surface area contributed by atoms with Gasteiger partial charge in [0.25, 0.3) is 5.56 Å². The minimum absolute atomic E-state index is 0.0950. The number of aromatic nitrogens is 3. The van der Waals surface area contributed by atoms with Crippen molar-refractivity contribution in [2.24, 2.45) is 14.1 Å². The topological polar surface area (TPSA) is 74.0 Å². The normalized spacial score (nSPS) is 11.5. The summed E-state index contributed by atoms with van der Waals surface area (Å²) in [6, 6.07) is 13.5. The van der Waals surface area contributed by atoms with E-state index in [9.17, 15) is 13.2 Å². The van der Waals surface area contributed by atoms with Gasteiger partial charge in [0, 0.05) is 31.1 Å². The van der Waals surface area contributed by atoms with Crippen molar-refractivity contribution in [1.82, 2.24) is 14.1 Å². The third kappa shape index (κ3) is 3.04. The molecule has 4 rings (SSSR count). The minimum Gasteiger partial charge on any atom is -0.325 e. The van der Waals surface area contributed by atoms with Crippen LogP contribution in [0.1, 0.15) is 5.56 Å². The van der Waals surface area contributed by atoms with Gasteiger partial charge in [0.05, 0.1) is 22.9 Å². The fraction of sp³-hybridized carbons (Fsp3) is 0.0909. The first kappa shape index (κ1) is 18.7. The third-order valence-electron chi connectivity index (χ3n) is 4.92. The monoisotopic (exact) mass is 403 g/mol. The highest BCUT2D eigenvalue weighted by atomic mass is 32.2. The Bertz CT molecular complexity index is 1470. The molecule has 4 aromatic rings. The lowest BCUT2D eigenvalue weighted by atomic mass is 9.99. The molecule has 7 heteroatoms. The van der Waals surface area contributed by atoms with Gasteiger partial charge in [-0.05, 0) is 41.5 Å². The Kier molecular flexibility index (Phi) is 4.36. The molecule has 0 aliphatic heterocycles. The van der Waals surface area contributed by atoms with Gasteiger partial charge in [0.2, 0.25) is 9.84 Å². The molecule has 0 aliphatic rings. The molecule has 0 spiro atoms. The van der Waals surface area contributed by atoms with Gasteiger partial charge in [-0.2, -0.15) is 0 Å². The van der Waals surface area contributed by atoms with Crippen LogP contribution in [0.5, 0.6) is 0 Å². The Morgan fingerprint density at radius 3 is 2.55 bits per heavy atom. The van der Waals surface area contributed by atoms with Crippen LogP contribution in [0, 0.1) is 12.3 Å². The van der Waals surface area contributed by atoms with Gasteiger partial charge in [0.15, 0.2) is 5.03 Å². The Hall–Kier alpha value is -3.63. The number of pyridine rings is 1. The van der Waals surface area contributed by atoms with Crippen LogP contribution in [-0.4, -0.2) is 22.5 Å². The number of hydrogen-bond donors (Lipinski definition) is 0. The average Bonchev–Trinajstić information content (AvgIpc) is 3.17. The molecule has 144 valence electrons. The highest BCUT2D eigenvalue weighted by Gasteiger charge is 2.22. The van der Waals surface area contributed by atoms with Gasteiger partial charge in [-0.25, -0.2) is 13.4 Å². The smallest absolute Gasteiger partial charge is 0.251 e. The number of hydrogen-bond acceptors (Lipinski definition) is 4. The largest absolute Gasteiger partial charge is 0.325 e. The Labute approximate surface area is 168 Å². The molecule has 0 N–H and O–H groups in total. The predicted molar refractivity (Wildman–Crippen MR) is 111 cm³/mol. The maximum absolute atomic E-state index is 13.1. The van der Waals surface area contributed by atoms with E-state index >= 15 is 0 Å². The number of rotatable bonds is 3. The minimum atomic E-state index is -3.77. The van der Waals surface area contributed by atoms with Crippen molar-refractivity contribution in [3.8, 4) is 23.5 Å². The molecule has 0 saturated heterocycles. The molecule has 0 fully saturated rings. The van der Waals surface area contributed by atoms with Gasteiger partial charge in [-0.1, -0.05) is 18.1 Å². The molecular formula is C22H17N3O3S. The molecule has 29 heavy (non-hydrogen) atoms. The van der Waals surface area contributed by atoms with Crippen molar-refractivity contribution in [2.75, 3.05) is 0 Å². The zero-order valence-corrected chi connectivity index (χ0v) is 16.6. The van der Waals surface area contributed by atoms with E-state index in [1.165, 1.54) is 33.8 Å². The SMILES string of the molecule is C#Cc1cccc(-c2cc(=O)n(C)c3ccc(S(=O)(=O)c4cncn4C)cc23)c1. The fourth-order valence-corrected chi connectivity index (χ4v) is 4.73. The lowest BCUT2D eigenvalue weighted by molar-refractivity contribution is 0.586. The summed E-state index contributed by atoms with van der Waals surface area (Å²) in [4.78, 5) is 16.5. The van der Waals surface area contributed by atoms with E-state index in [-0.39, 0.29) is 15.5 Å². The summed E-state index contributed by atoms with van der Waals surface area (Å²) in [6.07, 6.45) is 8.27. The number of sulfone groups is 1. The number of nitrogens with zero attached hydrogens (tertiary/aromatic N) is 3. The second-order valence-corrected chi connectivity index (χ2v) is 8.60. The predicted octanol–water partition coefficient (Wildman–Crippen LogP) is 2.75. The molecular weight excluding hydrogens is 386 g/mol. The highest BCUT2D eigenvalue weighted by molar-refractivity contribution is 7.91. The van der Waals surface area contributed by atoms with E-state index in [1.807, 2.05) is 12.1 Å². The van der Waals surface area contributed by atoms with Crippen molar-refractivity contribution in [3.63, 3.8) is 0 Å². The van der Waals surface area contributed by atoms with Crippen LogP contribution in [-0.2, 0) is 23.9 Å². The third-order valence-corrected chi connectivity index (χ3v) is 6.73. The van der Waals surface area contributed by atoms with Crippen LogP contribution < -0.4 is 5.56 Å². The summed E-state index contributed by atoms with van der Waals surface area (Å²) >= 11 is 0. The zero-order valence-electron chi connectivity index (χ0n) is 15.8. The summed E-state index contributed by atoms with van der Waals surface area (Å²) in [6.45, 7) is 0. The van der Waals surface area contributed by atoms with Gasteiger partial charge in [-0.15, -0.1) is 6.42 Å². The van der Waals surface area contributed by atoms with Crippen LogP contribution >= 0.6 is 0 Å². The first-order chi connectivity index (χ1) is 13.8. The number of benzene rings is 2. The molecule has 0 saturated carbocycles. The van der Waals surface area contributed by atoms with Crippen LogP contribution in [0.25, 0.3) is 22.0 Å². The first-order valence-corrected chi connectivity index (χ1v) is 10.2. The first-order valence-electron chi connectivity index (χ1n) is 8.75. The molecule has 0 aliphatic carbocycles. The lowest BCUT2D eigenvalue weighted by Crippen LogP contribution is -2.16. The van der Waals surface area contributed by atoms with E-state index in [4.69, 9.17) is 6.42 Å².